The van der Waals surface area contributed by atoms with Crippen LogP contribution in [0.5, 0.6) is 0 Å². The first-order valence-corrected chi connectivity index (χ1v) is 27.5. The van der Waals surface area contributed by atoms with E-state index in [1.165, 1.54) is 4.68 Å². The molecule has 2 aliphatic rings. The molecule has 2 aliphatic heterocycles. The molecule has 0 saturated carbocycles. The van der Waals surface area contributed by atoms with Gasteiger partial charge >= 0.3 is 0 Å². The van der Waals surface area contributed by atoms with Gasteiger partial charge in [-0.25, -0.2) is 24.7 Å². The van der Waals surface area contributed by atoms with Crippen LogP contribution in [0.25, 0.3) is 0 Å². The van der Waals surface area contributed by atoms with Gasteiger partial charge in [0.05, 0.1) is 50.7 Å². The number of H-pyrrole nitrogens is 2. The van der Waals surface area contributed by atoms with E-state index >= 15 is 0 Å². The molecule has 0 aliphatic carbocycles. The number of aryl methyl sites for hydroxylation is 1. The van der Waals surface area contributed by atoms with Crippen molar-refractivity contribution < 1.29 is 19.2 Å². The number of rotatable bonds is 11. The number of imide groups is 2. The largest absolute Gasteiger partial charge is 0.399 e. The van der Waals surface area contributed by atoms with Crippen LogP contribution in [-0.4, -0.2) is 53.8 Å². The maximum Gasteiger partial charge on any atom is 0.269 e. The number of nitrogens with one attached hydrogen (secondary N) is 2. The van der Waals surface area contributed by atoms with Crippen molar-refractivity contribution in [2.24, 2.45) is 7.05 Å². The third kappa shape index (κ3) is 13.1. The molecular formula is C60H55Cl6N9O7. The summed E-state index contributed by atoms with van der Waals surface area (Å²) in [4.78, 5) is 88.9. The Labute approximate surface area is 502 Å². The molecule has 8 aromatic rings. The molecule has 0 spiro atoms. The Kier molecular flexibility index (Phi) is 19.5. The molecular weight excluding hydrogens is 1170 g/mol. The Balaban J connectivity index is 0.000000180. The molecule has 5 heterocycles. The van der Waals surface area contributed by atoms with E-state index in [0.29, 0.717) is 127 Å². The zero-order chi connectivity index (χ0) is 58.9. The van der Waals surface area contributed by atoms with Gasteiger partial charge in [-0.15, -0.1) is 0 Å². The molecule has 3 aromatic heterocycles. The summed E-state index contributed by atoms with van der Waals surface area (Å²) in [5.41, 5.74) is 13.5. The first kappa shape index (κ1) is 62.2. The highest BCUT2D eigenvalue weighted by atomic mass is 35.5. The molecule has 4 amide bonds. The number of benzene rings is 5. The molecule has 0 atom stereocenters. The molecule has 16 nitrogen and oxygen atoms in total. The quantitative estimate of drug-likeness (QED) is 0.0815. The summed E-state index contributed by atoms with van der Waals surface area (Å²) >= 11 is 38.3. The summed E-state index contributed by atoms with van der Waals surface area (Å²) in [6.07, 6.45) is 1.03. The smallest absolute Gasteiger partial charge is 0.269 e. The van der Waals surface area contributed by atoms with Crippen molar-refractivity contribution >= 4 is 110 Å². The molecule has 10 rings (SSSR count). The van der Waals surface area contributed by atoms with Crippen LogP contribution in [0.2, 0.25) is 30.1 Å². The number of hydrogen-bond donors (Lipinski definition) is 3. The second-order valence-corrected chi connectivity index (χ2v) is 22.5. The van der Waals surface area contributed by atoms with Crippen LogP contribution in [0.1, 0.15) is 159 Å². The van der Waals surface area contributed by atoms with Gasteiger partial charge in [-0.3, -0.25) is 33.6 Å². The summed E-state index contributed by atoms with van der Waals surface area (Å²) in [5.74, 6) is -1.46. The summed E-state index contributed by atoms with van der Waals surface area (Å²) in [7, 11) is 1.60. The predicted molar refractivity (Wildman–Crippen MR) is 326 cm³/mol. The van der Waals surface area contributed by atoms with E-state index in [9.17, 15) is 33.6 Å². The van der Waals surface area contributed by atoms with Gasteiger partial charge in [-0.1, -0.05) is 143 Å². The Bertz CT molecular complexity index is 3910. The highest BCUT2D eigenvalue weighted by molar-refractivity contribution is 6.40. The summed E-state index contributed by atoms with van der Waals surface area (Å²) in [5, 5.41) is 19.6. The van der Waals surface area contributed by atoms with Gasteiger partial charge in [-0.2, -0.15) is 15.3 Å². The van der Waals surface area contributed by atoms with E-state index in [4.69, 9.17) is 75.3 Å². The average molecular weight is 1230 g/mol. The van der Waals surface area contributed by atoms with E-state index in [0.717, 1.165) is 15.4 Å². The van der Waals surface area contributed by atoms with Crippen LogP contribution in [0.15, 0.2) is 118 Å². The molecule has 4 N–H and O–H groups in total. The van der Waals surface area contributed by atoms with Crippen molar-refractivity contribution in [3.8, 4) is 0 Å². The zero-order valence-corrected chi connectivity index (χ0v) is 49.1. The minimum absolute atomic E-state index is 0. The number of fused-ring (bicyclic) bond motifs is 2. The highest BCUT2D eigenvalue weighted by Crippen LogP contribution is 2.38. The number of halogens is 6. The van der Waals surface area contributed by atoms with Crippen LogP contribution in [0.3, 0.4) is 0 Å². The molecule has 0 bridgehead atoms. The van der Waals surface area contributed by atoms with Crippen molar-refractivity contribution in [2.75, 3.05) is 15.5 Å². The lowest BCUT2D eigenvalue weighted by molar-refractivity contribution is 0.0910. The Morgan fingerprint density at radius 2 is 0.744 bits per heavy atom. The third-order valence-electron chi connectivity index (χ3n) is 13.4. The van der Waals surface area contributed by atoms with Crippen LogP contribution < -0.4 is 32.2 Å². The SMILES string of the molecule is C.CC(C)c1cc(Cc2c(Cl)cc(N)cc2Cl)n[nH]c1=O.CC(C)c1cc(Cc2c(Cl)cc(N3C(=O)c4ccccc4C3=O)cc2Cl)n[nH]c1=O.CC(C)c1cc(Cc2c(Cl)cc(N3C(=O)c4ccccc4C3=O)cc2Cl)nn(C)c1=O. The van der Waals surface area contributed by atoms with Crippen LogP contribution in [-0.2, 0) is 26.3 Å². The minimum atomic E-state index is -0.417. The highest BCUT2D eigenvalue weighted by Gasteiger charge is 2.38. The number of carbonyl (C=O) groups is 4. The summed E-state index contributed by atoms with van der Waals surface area (Å²) in [6, 6.07) is 28.1. The number of nitrogens with two attached hydrogens (primary N) is 1. The second kappa shape index (κ2) is 25.8. The molecule has 424 valence electrons. The molecule has 82 heavy (non-hydrogen) atoms. The first-order valence-electron chi connectivity index (χ1n) is 25.2. The average Bonchev–Trinajstić information content (AvgIpc) is 3.70. The van der Waals surface area contributed by atoms with Gasteiger partial charge in [0.1, 0.15) is 0 Å². The monoisotopic (exact) mass is 1220 g/mol. The van der Waals surface area contributed by atoms with Gasteiger partial charge in [0.15, 0.2) is 0 Å². The number of nitrogens with zero attached hydrogens (tertiary/aromatic N) is 6. The topological polar surface area (TPSA) is 227 Å². The Morgan fingerprint density at radius 3 is 1.06 bits per heavy atom. The maximum atomic E-state index is 12.8. The number of carbonyl (C=O) groups excluding carboxylic acids is 4. The van der Waals surface area contributed by atoms with Gasteiger partial charge in [0.2, 0.25) is 0 Å². The van der Waals surface area contributed by atoms with Crippen molar-refractivity contribution in [3.05, 3.63) is 237 Å². The first-order chi connectivity index (χ1) is 38.3. The standard InChI is InChI=1S/C23H19Cl2N3O3.C22H17Cl2N3O3.C14H15Cl2N3O.CH4/c1-12(2)17-8-13(26-27(3)21(17)29)9-18-19(24)10-14(11-20(18)25)28-22(30)15-6-4-5-7-16(15)23(28)31;1-11(2)16-7-12(25-26-20(16)28)8-17-18(23)9-13(10-19(17)24)27-21(29)14-5-3-4-6-15(14)22(27)30;1-7(2)10-5-9(18-19-14(10)20)6-11-12(15)3-8(17)4-13(11)16;/h4-8,10-12H,9H2,1-3H3;3-7,9-11H,8H2,1-2H3,(H,26,28);3-5,7H,6,17H2,1-2H3,(H,19,20);1H4. The number of hydrogen-bond acceptors (Lipinski definition) is 11. The van der Waals surface area contributed by atoms with Gasteiger partial charge in [-0.05, 0) is 113 Å². The third-order valence-corrected chi connectivity index (χ3v) is 15.4. The molecule has 0 radical (unpaired) electrons. The molecule has 0 fully saturated rings. The molecule has 0 saturated heterocycles. The van der Waals surface area contributed by atoms with Crippen molar-refractivity contribution in [1.29, 1.82) is 0 Å². The predicted octanol–water partition coefficient (Wildman–Crippen LogP) is 13.2. The fraction of sp³-hybridized carbons (Fsp3) is 0.233. The lowest BCUT2D eigenvalue weighted by Gasteiger charge is -2.17. The fourth-order valence-corrected chi connectivity index (χ4v) is 11.0. The van der Waals surface area contributed by atoms with E-state index in [1.54, 1.807) is 110 Å². The number of anilines is 3. The van der Waals surface area contributed by atoms with E-state index in [1.807, 2.05) is 41.5 Å². The summed E-state index contributed by atoms with van der Waals surface area (Å²) in [6.45, 7) is 11.6. The number of aromatic amines is 2. The van der Waals surface area contributed by atoms with Crippen molar-refractivity contribution in [2.45, 2.75) is 86.0 Å². The zero-order valence-electron chi connectivity index (χ0n) is 44.6. The number of nitrogen functional groups attached to an aromatic ring is 1. The van der Waals surface area contributed by atoms with E-state index < -0.39 is 23.6 Å². The van der Waals surface area contributed by atoms with Gasteiger partial charge in [0.25, 0.3) is 40.3 Å². The van der Waals surface area contributed by atoms with Crippen LogP contribution >= 0.6 is 69.6 Å². The van der Waals surface area contributed by atoms with E-state index in [2.05, 4.69) is 25.5 Å². The lowest BCUT2D eigenvalue weighted by Crippen LogP contribution is -2.29. The van der Waals surface area contributed by atoms with E-state index in [-0.39, 0.29) is 48.3 Å². The summed E-state index contributed by atoms with van der Waals surface area (Å²) < 4.78 is 1.31. The second-order valence-electron chi connectivity index (χ2n) is 20.0. The van der Waals surface area contributed by atoms with Crippen molar-refractivity contribution in [3.63, 3.8) is 0 Å². The van der Waals surface area contributed by atoms with Gasteiger partial charge in [0, 0.05) is 78.8 Å². The fourth-order valence-electron chi connectivity index (χ4n) is 9.12. The van der Waals surface area contributed by atoms with Gasteiger partial charge < -0.3 is 5.73 Å². The Morgan fingerprint density at radius 1 is 0.451 bits per heavy atom. The minimum Gasteiger partial charge on any atom is -0.399 e. The molecule has 22 heteroatoms. The van der Waals surface area contributed by atoms with Crippen LogP contribution in [0.4, 0.5) is 17.1 Å². The van der Waals surface area contributed by atoms with Crippen molar-refractivity contribution in [1.82, 2.24) is 30.2 Å². The normalized spacial score (nSPS) is 12.6. The maximum absolute atomic E-state index is 12.8. The molecule has 5 aromatic carbocycles. The number of aromatic nitrogens is 6. The molecule has 0 unspecified atom stereocenters. The van der Waals surface area contributed by atoms with Crippen LogP contribution in [0, 0.1) is 0 Å². The lowest BCUT2D eigenvalue weighted by atomic mass is 10.0. The Hall–Kier alpha value is -7.44. The number of amides is 4.